The molecule has 1 nitrogen and oxygen atoms in total. The molecule has 0 amide bonds. The summed E-state index contributed by atoms with van der Waals surface area (Å²) in [4.78, 5) is 0. The summed E-state index contributed by atoms with van der Waals surface area (Å²) in [7, 11) is 1.96. The second-order valence-corrected chi connectivity index (χ2v) is 4.94. The standard InChI is InChI=1S/C14H20FN/c1-10-6-12(9-13(15)7-10)14(16-2)8-11-4-3-5-11/h6-7,9,11,14,16H,3-5,8H2,1-2H3. The number of nitrogens with one attached hydrogen (secondary N) is 1. The molecule has 1 unspecified atom stereocenters. The van der Waals surface area contributed by atoms with E-state index in [2.05, 4.69) is 11.4 Å². The first-order valence-corrected chi connectivity index (χ1v) is 6.13. The third kappa shape index (κ3) is 2.62. The largest absolute Gasteiger partial charge is 0.313 e. The van der Waals surface area contributed by atoms with Gasteiger partial charge in [0, 0.05) is 6.04 Å². The zero-order valence-corrected chi connectivity index (χ0v) is 10.1. The third-order valence-corrected chi connectivity index (χ3v) is 3.61. The summed E-state index contributed by atoms with van der Waals surface area (Å²) < 4.78 is 13.3. The van der Waals surface area contributed by atoms with Gasteiger partial charge in [-0.25, -0.2) is 4.39 Å². The lowest BCUT2D eigenvalue weighted by Crippen LogP contribution is -2.23. The van der Waals surface area contributed by atoms with E-state index in [1.165, 1.54) is 19.3 Å². The van der Waals surface area contributed by atoms with E-state index >= 15 is 0 Å². The van der Waals surface area contributed by atoms with Gasteiger partial charge in [-0.15, -0.1) is 0 Å². The van der Waals surface area contributed by atoms with Crippen LogP contribution in [0.15, 0.2) is 18.2 Å². The maximum Gasteiger partial charge on any atom is 0.123 e. The van der Waals surface area contributed by atoms with Crippen LogP contribution in [0.25, 0.3) is 0 Å². The van der Waals surface area contributed by atoms with Crippen molar-refractivity contribution in [2.75, 3.05) is 7.05 Å². The average Bonchev–Trinajstić information content (AvgIpc) is 2.14. The molecule has 1 aromatic rings. The second kappa shape index (κ2) is 4.96. The lowest BCUT2D eigenvalue weighted by molar-refractivity contribution is 0.265. The summed E-state index contributed by atoms with van der Waals surface area (Å²) in [6, 6.07) is 5.63. The van der Waals surface area contributed by atoms with Crippen molar-refractivity contribution in [2.24, 2.45) is 5.92 Å². The van der Waals surface area contributed by atoms with E-state index in [4.69, 9.17) is 0 Å². The molecule has 1 aromatic carbocycles. The highest BCUT2D eigenvalue weighted by Crippen LogP contribution is 2.34. The zero-order chi connectivity index (χ0) is 11.5. The molecule has 0 spiro atoms. The Morgan fingerprint density at radius 3 is 2.62 bits per heavy atom. The van der Waals surface area contributed by atoms with Crippen LogP contribution in [-0.4, -0.2) is 7.05 Å². The minimum absolute atomic E-state index is 0.121. The smallest absolute Gasteiger partial charge is 0.123 e. The van der Waals surface area contributed by atoms with Crippen LogP contribution < -0.4 is 5.32 Å². The molecule has 0 radical (unpaired) electrons. The molecule has 1 aliphatic rings. The fourth-order valence-electron chi connectivity index (χ4n) is 2.45. The summed E-state index contributed by atoms with van der Waals surface area (Å²) in [5, 5.41) is 3.31. The molecular weight excluding hydrogens is 201 g/mol. The first-order valence-electron chi connectivity index (χ1n) is 6.13. The number of aryl methyl sites for hydroxylation is 1. The molecule has 88 valence electrons. The van der Waals surface area contributed by atoms with Crippen molar-refractivity contribution in [3.8, 4) is 0 Å². The fraction of sp³-hybridized carbons (Fsp3) is 0.571. The fourth-order valence-corrected chi connectivity index (χ4v) is 2.45. The van der Waals surface area contributed by atoms with Crippen LogP contribution in [0.5, 0.6) is 0 Å². The maximum atomic E-state index is 13.3. The molecule has 1 aliphatic carbocycles. The molecule has 16 heavy (non-hydrogen) atoms. The molecule has 1 N–H and O–H groups in total. The molecule has 1 fully saturated rings. The summed E-state index contributed by atoms with van der Waals surface area (Å²) in [6.45, 7) is 1.95. The first-order chi connectivity index (χ1) is 7.69. The van der Waals surface area contributed by atoms with Crippen molar-refractivity contribution >= 4 is 0 Å². The SMILES string of the molecule is CNC(CC1CCC1)c1cc(C)cc(F)c1. The number of halogens is 1. The highest BCUT2D eigenvalue weighted by molar-refractivity contribution is 5.26. The zero-order valence-electron chi connectivity index (χ0n) is 10.1. The summed E-state index contributed by atoms with van der Waals surface area (Å²) >= 11 is 0. The number of benzene rings is 1. The molecule has 1 saturated carbocycles. The van der Waals surface area contributed by atoms with E-state index in [0.29, 0.717) is 6.04 Å². The van der Waals surface area contributed by atoms with Crippen molar-refractivity contribution in [2.45, 2.75) is 38.6 Å². The number of hydrogen-bond donors (Lipinski definition) is 1. The van der Waals surface area contributed by atoms with E-state index in [-0.39, 0.29) is 5.82 Å². The molecule has 0 heterocycles. The molecule has 0 aliphatic heterocycles. The van der Waals surface area contributed by atoms with Crippen LogP contribution in [0.4, 0.5) is 4.39 Å². The van der Waals surface area contributed by atoms with Crippen molar-refractivity contribution < 1.29 is 4.39 Å². The lowest BCUT2D eigenvalue weighted by Gasteiger charge is -2.30. The topological polar surface area (TPSA) is 12.0 Å². The van der Waals surface area contributed by atoms with Crippen molar-refractivity contribution in [1.29, 1.82) is 0 Å². The Morgan fingerprint density at radius 1 is 1.38 bits per heavy atom. The van der Waals surface area contributed by atoms with Gasteiger partial charge in [0.15, 0.2) is 0 Å². The highest BCUT2D eigenvalue weighted by Gasteiger charge is 2.22. The van der Waals surface area contributed by atoms with E-state index in [9.17, 15) is 4.39 Å². The van der Waals surface area contributed by atoms with Gasteiger partial charge in [-0.2, -0.15) is 0 Å². The van der Waals surface area contributed by atoms with Crippen molar-refractivity contribution in [3.05, 3.63) is 35.1 Å². The molecule has 2 heteroatoms. The molecule has 0 aromatic heterocycles. The quantitative estimate of drug-likeness (QED) is 0.819. The average molecular weight is 221 g/mol. The van der Waals surface area contributed by atoms with Gasteiger partial charge in [0.25, 0.3) is 0 Å². The van der Waals surface area contributed by atoms with Crippen LogP contribution in [0, 0.1) is 18.7 Å². The van der Waals surface area contributed by atoms with Gasteiger partial charge in [-0.3, -0.25) is 0 Å². The Labute approximate surface area is 97.1 Å². The molecule has 2 rings (SSSR count). The lowest BCUT2D eigenvalue weighted by atomic mass is 9.79. The Balaban J connectivity index is 2.11. The summed E-state index contributed by atoms with van der Waals surface area (Å²) in [6.07, 6.45) is 5.18. The molecule has 1 atom stereocenters. The molecule has 0 saturated heterocycles. The monoisotopic (exact) mass is 221 g/mol. The van der Waals surface area contributed by atoms with E-state index in [0.717, 1.165) is 23.5 Å². The minimum atomic E-state index is -0.121. The van der Waals surface area contributed by atoms with Crippen LogP contribution in [0.2, 0.25) is 0 Å². The highest BCUT2D eigenvalue weighted by atomic mass is 19.1. The minimum Gasteiger partial charge on any atom is -0.313 e. The van der Waals surface area contributed by atoms with Gasteiger partial charge >= 0.3 is 0 Å². The van der Waals surface area contributed by atoms with Gasteiger partial charge in [-0.1, -0.05) is 25.3 Å². The Kier molecular flexibility index (Phi) is 3.59. The predicted molar refractivity (Wildman–Crippen MR) is 64.9 cm³/mol. The van der Waals surface area contributed by atoms with Gasteiger partial charge in [-0.05, 0) is 49.6 Å². The predicted octanol–water partition coefficient (Wildman–Crippen LogP) is 3.58. The van der Waals surface area contributed by atoms with Crippen LogP contribution in [0.3, 0.4) is 0 Å². The van der Waals surface area contributed by atoms with E-state index in [1.54, 1.807) is 12.1 Å². The number of hydrogen-bond acceptors (Lipinski definition) is 1. The van der Waals surface area contributed by atoms with Crippen LogP contribution in [0.1, 0.15) is 42.9 Å². The normalized spacial score (nSPS) is 18.2. The van der Waals surface area contributed by atoms with E-state index in [1.807, 2.05) is 14.0 Å². The summed E-state index contributed by atoms with van der Waals surface area (Å²) in [5.74, 6) is 0.713. The Morgan fingerprint density at radius 2 is 2.12 bits per heavy atom. The van der Waals surface area contributed by atoms with Crippen LogP contribution >= 0.6 is 0 Å². The van der Waals surface area contributed by atoms with E-state index < -0.39 is 0 Å². The Hall–Kier alpha value is -0.890. The van der Waals surface area contributed by atoms with Gasteiger partial charge in [0.1, 0.15) is 5.82 Å². The molecule has 0 bridgehead atoms. The first kappa shape index (κ1) is 11.6. The second-order valence-electron chi connectivity index (χ2n) is 4.94. The maximum absolute atomic E-state index is 13.3. The van der Waals surface area contributed by atoms with Crippen molar-refractivity contribution in [3.63, 3.8) is 0 Å². The Bertz CT molecular complexity index is 338. The van der Waals surface area contributed by atoms with Gasteiger partial charge < -0.3 is 5.32 Å². The third-order valence-electron chi connectivity index (χ3n) is 3.61. The van der Waals surface area contributed by atoms with Gasteiger partial charge in [0.05, 0.1) is 0 Å². The van der Waals surface area contributed by atoms with Gasteiger partial charge in [0.2, 0.25) is 0 Å². The molecular formula is C14H20FN. The summed E-state index contributed by atoms with van der Waals surface area (Å²) in [5.41, 5.74) is 2.09. The van der Waals surface area contributed by atoms with Crippen molar-refractivity contribution in [1.82, 2.24) is 5.32 Å². The van der Waals surface area contributed by atoms with Crippen LogP contribution in [-0.2, 0) is 0 Å². The number of rotatable bonds is 4.